The minimum atomic E-state index is -0.139. The summed E-state index contributed by atoms with van der Waals surface area (Å²) in [6.45, 7) is 2.69. The molecule has 0 atom stereocenters. The van der Waals surface area contributed by atoms with E-state index >= 15 is 0 Å². The second-order valence-electron chi connectivity index (χ2n) is 5.52. The Morgan fingerprint density at radius 1 is 1.17 bits per heavy atom. The molecular weight excluding hydrogens is 304 g/mol. The Morgan fingerprint density at radius 3 is 2.79 bits per heavy atom. The van der Waals surface area contributed by atoms with Crippen molar-refractivity contribution in [2.24, 2.45) is 0 Å². The standard InChI is InChI=1S/C18H20N4O2/c1-2-11-24-13-18(23)19-15-8-6-14(7-9-15)12-17-21-20-16-5-3-4-10-22(16)17/h3-10H,2,11-13H2,1H3,(H,19,23). The van der Waals surface area contributed by atoms with Gasteiger partial charge in [-0.3, -0.25) is 9.20 Å². The van der Waals surface area contributed by atoms with Gasteiger partial charge in [-0.05, 0) is 36.2 Å². The predicted molar refractivity (Wildman–Crippen MR) is 92.0 cm³/mol. The van der Waals surface area contributed by atoms with Crippen LogP contribution < -0.4 is 5.32 Å². The maximum atomic E-state index is 11.7. The molecule has 1 N–H and O–H groups in total. The van der Waals surface area contributed by atoms with Crippen molar-refractivity contribution in [2.45, 2.75) is 19.8 Å². The van der Waals surface area contributed by atoms with E-state index in [9.17, 15) is 4.79 Å². The van der Waals surface area contributed by atoms with Crippen molar-refractivity contribution in [3.63, 3.8) is 0 Å². The molecule has 1 aromatic carbocycles. The normalized spacial score (nSPS) is 10.9. The number of nitrogens with zero attached hydrogens (tertiary/aromatic N) is 3. The number of rotatable bonds is 7. The molecule has 0 fully saturated rings. The van der Waals surface area contributed by atoms with Crippen LogP contribution in [0.2, 0.25) is 0 Å². The van der Waals surface area contributed by atoms with Gasteiger partial charge in [0.15, 0.2) is 5.65 Å². The van der Waals surface area contributed by atoms with E-state index < -0.39 is 0 Å². The molecule has 0 aliphatic heterocycles. The lowest BCUT2D eigenvalue weighted by Crippen LogP contribution is -2.18. The number of nitrogens with one attached hydrogen (secondary N) is 1. The lowest BCUT2D eigenvalue weighted by atomic mass is 10.1. The number of anilines is 1. The third-order valence-electron chi connectivity index (χ3n) is 3.57. The third-order valence-corrected chi connectivity index (χ3v) is 3.57. The quantitative estimate of drug-likeness (QED) is 0.679. The molecule has 0 spiro atoms. The molecule has 2 aromatic heterocycles. The molecule has 2 heterocycles. The van der Waals surface area contributed by atoms with Crippen LogP contribution in [0.4, 0.5) is 5.69 Å². The summed E-state index contributed by atoms with van der Waals surface area (Å²) < 4.78 is 7.19. The topological polar surface area (TPSA) is 68.5 Å². The number of carbonyl (C=O) groups is 1. The summed E-state index contributed by atoms with van der Waals surface area (Å²) in [5.74, 6) is 0.745. The zero-order valence-electron chi connectivity index (χ0n) is 13.6. The summed E-state index contributed by atoms with van der Waals surface area (Å²) in [6, 6.07) is 13.6. The van der Waals surface area contributed by atoms with Crippen molar-refractivity contribution in [2.75, 3.05) is 18.5 Å². The molecule has 3 rings (SSSR count). The van der Waals surface area contributed by atoms with E-state index in [1.807, 2.05) is 60.0 Å². The first kappa shape index (κ1) is 16.1. The van der Waals surface area contributed by atoms with Gasteiger partial charge in [0.25, 0.3) is 0 Å². The Bertz CT molecular complexity index is 811. The molecule has 0 radical (unpaired) electrons. The van der Waals surface area contributed by atoms with E-state index in [-0.39, 0.29) is 12.5 Å². The first-order chi connectivity index (χ1) is 11.8. The molecule has 0 saturated heterocycles. The summed E-state index contributed by atoms with van der Waals surface area (Å²) in [5.41, 5.74) is 2.70. The van der Waals surface area contributed by atoms with E-state index in [1.54, 1.807) is 0 Å². The summed E-state index contributed by atoms with van der Waals surface area (Å²) in [4.78, 5) is 11.7. The van der Waals surface area contributed by atoms with E-state index in [1.165, 1.54) is 0 Å². The fraction of sp³-hybridized carbons (Fsp3) is 0.278. The second-order valence-corrected chi connectivity index (χ2v) is 5.52. The van der Waals surface area contributed by atoms with Crippen LogP contribution in [0.25, 0.3) is 5.65 Å². The number of pyridine rings is 1. The van der Waals surface area contributed by atoms with Gasteiger partial charge < -0.3 is 10.1 Å². The van der Waals surface area contributed by atoms with Crippen LogP contribution in [0, 0.1) is 0 Å². The SMILES string of the molecule is CCCOCC(=O)Nc1ccc(Cc2nnc3ccccn23)cc1. The van der Waals surface area contributed by atoms with Crippen molar-refractivity contribution in [3.8, 4) is 0 Å². The van der Waals surface area contributed by atoms with Gasteiger partial charge in [-0.15, -0.1) is 10.2 Å². The number of carbonyl (C=O) groups excluding carboxylic acids is 1. The summed E-state index contributed by atoms with van der Waals surface area (Å²) in [6.07, 6.45) is 3.54. The van der Waals surface area contributed by atoms with Crippen LogP contribution in [-0.4, -0.2) is 33.7 Å². The first-order valence-electron chi connectivity index (χ1n) is 8.01. The minimum Gasteiger partial charge on any atom is -0.372 e. The Hall–Kier alpha value is -2.73. The largest absolute Gasteiger partial charge is 0.372 e. The minimum absolute atomic E-state index is 0.0846. The Balaban J connectivity index is 1.61. The highest BCUT2D eigenvalue weighted by Crippen LogP contribution is 2.13. The van der Waals surface area contributed by atoms with E-state index in [0.717, 1.165) is 29.1 Å². The number of aromatic nitrogens is 3. The lowest BCUT2D eigenvalue weighted by molar-refractivity contribution is -0.120. The van der Waals surface area contributed by atoms with Crippen molar-refractivity contribution < 1.29 is 9.53 Å². The molecule has 6 nitrogen and oxygen atoms in total. The Kier molecular flexibility index (Phi) is 5.18. The predicted octanol–water partition coefficient (Wildman–Crippen LogP) is 2.69. The van der Waals surface area contributed by atoms with Gasteiger partial charge in [0.1, 0.15) is 12.4 Å². The molecule has 0 saturated carbocycles. The van der Waals surface area contributed by atoms with Crippen LogP contribution in [0.15, 0.2) is 48.7 Å². The van der Waals surface area contributed by atoms with Crippen LogP contribution in [0.5, 0.6) is 0 Å². The molecule has 0 bridgehead atoms. The zero-order valence-corrected chi connectivity index (χ0v) is 13.6. The molecule has 1 amide bonds. The highest BCUT2D eigenvalue weighted by molar-refractivity contribution is 5.91. The monoisotopic (exact) mass is 324 g/mol. The van der Waals surface area contributed by atoms with Crippen LogP contribution in [0.3, 0.4) is 0 Å². The number of hydrogen-bond acceptors (Lipinski definition) is 4. The van der Waals surface area contributed by atoms with Crippen molar-refractivity contribution in [1.82, 2.24) is 14.6 Å². The van der Waals surface area contributed by atoms with Gasteiger partial charge in [-0.2, -0.15) is 0 Å². The maximum absolute atomic E-state index is 11.7. The van der Waals surface area contributed by atoms with Gasteiger partial charge in [-0.25, -0.2) is 0 Å². The Labute approximate surface area is 140 Å². The fourth-order valence-electron chi connectivity index (χ4n) is 2.41. The van der Waals surface area contributed by atoms with Gasteiger partial charge >= 0.3 is 0 Å². The molecule has 0 aliphatic carbocycles. The molecule has 6 heteroatoms. The smallest absolute Gasteiger partial charge is 0.250 e. The average molecular weight is 324 g/mol. The van der Waals surface area contributed by atoms with E-state index in [0.29, 0.717) is 13.0 Å². The lowest BCUT2D eigenvalue weighted by Gasteiger charge is -2.07. The summed E-state index contributed by atoms with van der Waals surface area (Å²) in [7, 11) is 0. The van der Waals surface area contributed by atoms with E-state index in [4.69, 9.17) is 4.74 Å². The molecule has 24 heavy (non-hydrogen) atoms. The molecular formula is C18H20N4O2. The average Bonchev–Trinajstić information content (AvgIpc) is 3.00. The van der Waals surface area contributed by atoms with E-state index in [2.05, 4.69) is 15.5 Å². The molecule has 124 valence electrons. The summed E-state index contributed by atoms with van der Waals surface area (Å²) >= 11 is 0. The Morgan fingerprint density at radius 2 is 2.00 bits per heavy atom. The highest BCUT2D eigenvalue weighted by atomic mass is 16.5. The van der Waals surface area contributed by atoms with Crippen molar-refractivity contribution in [3.05, 3.63) is 60.0 Å². The summed E-state index contributed by atoms with van der Waals surface area (Å²) in [5, 5.41) is 11.2. The van der Waals surface area contributed by atoms with Gasteiger partial charge in [0.2, 0.25) is 5.91 Å². The first-order valence-corrected chi connectivity index (χ1v) is 8.01. The number of fused-ring (bicyclic) bond motifs is 1. The maximum Gasteiger partial charge on any atom is 0.250 e. The number of benzene rings is 1. The van der Waals surface area contributed by atoms with Crippen LogP contribution >= 0.6 is 0 Å². The molecule has 3 aromatic rings. The highest BCUT2D eigenvalue weighted by Gasteiger charge is 2.06. The number of hydrogen-bond donors (Lipinski definition) is 1. The number of ether oxygens (including phenoxy) is 1. The third kappa shape index (κ3) is 3.97. The van der Waals surface area contributed by atoms with Crippen LogP contribution in [0.1, 0.15) is 24.7 Å². The molecule has 0 unspecified atom stereocenters. The second kappa shape index (κ2) is 7.70. The van der Waals surface area contributed by atoms with Crippen molar-refractivity contribution >= 4 is 17.2 Å². The molecule has 0 aliphatic rings. The van der Waals surface area contributed by atoms with Crippen molar-refractivity contribution in [1.29, 1.82) is 0 Å². The van der Waals surface area contributed by atoms with Crippen LogP contribution in [-0.2, 0) is 16.0 Å². The fourth-order valence-corrected chi connectivity index (χ4v) is 2.41. The zero-order chi connectivity index (χ0) is 16.8. The van der Waals surface area contributed by atoms with Gasteiger partial charge in [0, 0.05) is 24.9 Å². The van der Waals surface area contributed by atoms with Gasteiger partial charge in [0.05, 0.1) is 0 Å². The number of amides is 1. The van der Waals surface area contributed by atoms with Gasteiger partial charge in [-0.1, -0.05) is 25.1 Å².